The van der Waals surface area contributed by atoms with Crippen LogP contribution in [0.5, 0.6) is 0 Å². The topological polar surface area (TPSA) is 64.9 Å². The lowest BCUT2D eigenvalue weighted by Crippen LogP contribution is -2.18. The lowest BCUT2D eigenvalue weighted by Gasteiger charge is -2.18. The molecular formula is C16H25N5O. The highest BCUT2D eigenvalue weighted by atomic mass is 16.5. The van der Waals surface area contributed by atoms with Crippen LogP contribution in [0.2, 0.25) is 0 Å². The molecule has 2 rings (SSSR count). The van der Waals surface area contributed by atoms with Crippen molar-refractivity contribution in [1.82, 2.24) is 19.7 Å². The van der Waals surface area contributed by atoms with Crippen LogP contribution in [0, 0.1) is 0 Å². The standard InChI is InChI=1S/C16H25N5O/c1-11(2)21-9-13(8-17-21)18-14-7-12(10-22-6)19-15(20-14)16(3,4)5/h7-9,11H,10H2,1-6H3,(H,18,19,20). The maximum Gasteiger partial charge on any atom is 0.136 e. The van der Waals surface area contributed by atoms with Gasteiger partial charge < -0.3 is 10.1 Å². The van der Waals surface area contributed by atoms with Crippen molar-refractivity contribution in [1.29, 1.82) is 0 Å². The number of nitrogens with one attached hydrogen (secondary N) is 1. The molecule has 1 N–H and O–H groups in total. The van der Waals surface area contributed by atoms with Crippen molar-refractivity contribution >= 4 is 11.5 Å². The van der Waals surface area contributed by atoms with Crippen LogP contribution in [0.25, 0.3) is 0 Å². The van der Waals surface area contributed by atoms with Gasteiger partial charge in [-0.1, -0.05) is 20.8 Å². The highest BCUT2D eigenvalue weighted by Gasteiger charge is 2.19. The smallest absolute Gasteiger partial charge is 0.136 e. The SMILES string of the molecule is COCc1cc(Nc2cnn(C(C)C)c2)nc(C(C)(C)C)n1. The molecule has 22 heavy (non-hydrogen) atoms. The van der Waals surface area contributed by atoms with Gasteiger partial charge in [0.15, 0.2) is 0 Å². The average Bonchev–Trinajstić information content (AvgIpc) is 2.86. The fraction of sp³-hybridized carbons (Fsp3) is 0.562. The maximum atomic E-state index is 5.20. The van der Waals surface area contributed by atoms with Gasteiger partial charge in [-0.3, -0.25) is 4.68 Å². The summed E-state index contributed by atoms with van der Waals surface area (Å²) >= 11 is 0. The number of nitrogens with zero attached hydrogens (tertiary/aromatic N) is 4. The Morgan fingerprint density at radius 3 is 2.55 bits per heavy atom. The molecule has 0 aromatic carbocycles. The van der Waals surface area contributed by atoms with Gasteiger partial charge in [-0.25, -0.2) is 9.97 Å². The zero-order valence-corrected chi connectivity index (χ0v) is 14.2. The number of aromatic nitrogens is 4. The molecule has 6 heteroatoms. The second-order valence-corrected chi connectivity index (χ2v) is 6.68. The van der Waals surface area contributed by atoms with Crippen LogP contribution in [0.1, 0.15) is 52.2 Å². The number of methoxy groups -OCH3 is 1. The molecule has 6 nitrogen and oxygen atoms in total. The van der Waals surface area contributed by atoms with E-state index in [-0.39, 0.29) is 5.41 Å². The number of ether oxygens (including phenoxy) is 1. The van der Waals surface area contributed by atoms with Crippen molar-refractivity contribution in [2.45, 2.75) is 52.7 Å². The van der Waals surface area contributed by atoms with Gasteiger partial charge in [0.25, 0.3) is 0 Å². The first-order chi connectivity index (χ1) is 10.3. The number of hydrogen-bond acceptors (Lipinski definition) is 5. The third kappa shape index (κ3) is 4.04. The molecule has 0 aliphatic rings. The molecule has 2 aromatic rings. The third-order valence-electron chi connectivity index (χ3n) is 3.15. The summed E-state index contributed by atoms with van der Waals surface area (Å²) in [5, 5.41) is 7.63. The summed E-state index contributed by atoms with van der Waals surface area (Å²) in [5.41, 5.74) is 1.65. The van der Waals surface area contributed by atoms with Crippen LogP contribution in [-0.2, 0) is 16.8 Å². The van der Waals surface area contributed by atoms with Gasteiger partial charge in [-0.15, -0.1) is 0 Å². The largest absolute Gasteiger partial charge is 0.378 e. The summed E-state index contributed by atoms with van der Waals surface area (Å²) in [6.07, 6.45) is 3.77. The van der Waals surface area contributed by atoms with Crippen LogP contribution < -0.4 is 5.32 Å². The first-order valence-electron chi connectivity index (χ1n) is 7.48. The molecule has 0 atom stereocenters. The number of hydrogen-bond donors (Lipinski definition) is 1. The average molecular weight is 303 g/mol. The number of rotatable bonds is 5. The van der Waals surface area contributed by atoms with Crippen molar-refractivity contribution < 1.29 is 4.74 Å². The van der Waals surface area contributed by atoms with E-state index in [1.54, 1.807) is 13.3 Å². The fourth-order valence-electron chi connectivity index (χ4n) is 1.95. The Hall–Kier alpha value is -1.95. The van der Waals surface area contributed by atoms with Crippen LogP contribution in [0.4, 0.5) is 11.5 Å². The van der Waals surface area contributed by atoms with E-state index in [9.17, 15) is 0 Å². The minimum absolute atomic E-state index is 0.123. The van der Waals surface area contributed by atoms with Gasteiger partial charge >= 0.3 is 0 Å². The van der Waals surface area contributed by atoms with E-state index in [4.69, 9.17) is 4.74 Å². The van der Waals surface area contributed by atoms with E-state index < -0.39 is 0 Å². The van der Waals surface area contributed by atoms with Gasteiger partial charge in [0.1, 0.15) is 11.6 Å². The fourth-order valence-corrected chi connectivity index (χ4v) is 1.95. The lowest BCUT2D eigenvalue weighted by molar-refractivity contribution is 0.181. The highest BCUT2D eigenvalue weighted by molar-refractivity contribution is 5.54. The van der Waals surface area contributed by atoms with Crippen LogP contribution >= 0.6 is 0 Å². The summed E-state index contributed by atoms with van der Waals surface area (Å²) in [6.45, 7) is 10.9. The molecule has 0 bridgehead atoms. The molecule has 0 fully saturated rings. The minimum atomic E-state index is -0.123. The normalized spacial score (nSPS) is 12.0. The molecule has 0 amide bonds. The predicted octanol–water partition coefficient (Wildman–Crippen LogP) is 3.44. The monoisotopic (exact) mass is 303 g/mol. The van der Waals surface area contributed by atoms with Crippen molar-refractivity contribution in [3.63, 3.8) is 0 Å². The molecule has 0 radical (unpaired) electrons. The van der Waals surface area contributed by atoms with Crippen molar-refractivity contribution in [3.8, 4) is 0 Å². The first-order valence-corrected chi connectivity index (χ1v) is 7.48. The maximum absolute atomic E-state index is 5.20. The van der Waals surface area contributed by atoms with Crippen molar-refractivity contribution in [2.24, 2.45) is 0 Å². The summed E-state index contributed by atoms with van der Waals surface area (Å²) in [7, 11) is 1.67. The molecule has 2 heterocycles. The lowest BCUT2D eigenvalue weighted by atomic mass is 9.95. The third-order valence-corrected chi connectivity index (χ3v) is 3.15. The van der Waals surface area contributed by atoms with Crippen molar-refractivity contribution in [2.75, 3.05) is 12.4 Å². The first kappa shape index (κ1) is 16.4. The van der Waals surface area contributed by atoms with Crippen LogP contribution in [0.3, 0.4) is 0 Å². The summed E-state index contributed by atoms with van der Waals surface area (Å²) < 4.78 is 7.11. The Kier molecular flexibility index (Phi) is 4.81. The molecule has 120 valence electrons. The van der Waals surface area contributed by atoms with E-state index in [2.05, 4.69) is 55.0 Å². The van der Waals surface area contributed by atoms with Gasteiger partial charge in [0, 0.05) is 30.8 Å². The van der Waals surface area contributed by atoms with E-state index in [1.165, 1.54) is 0 Å². The molecule has 0 aliphatic carbocycles. The summed E-state index contributed by atoms with van der Waals surface area (Å²) in [5.74, 6) is 1.55. The predicted molar refractivity (Wildman–Crippen MR) is 87.3 cm³/mol. The highest BCUT2D eigenvalue weighted by Crippen LogP contribution is 2.23. The van der Waals surface area contributed by atoms with Gasteiger partial charge in [-0.2, -0.15) is 5.10 Å². The second kappa shape index (κ2) is 6.44. The quantitative estimate of drug-likeness (QED) is 0.916. The van der Waals surface area contributed by atoms with E-state index in [0.29, 0.717) is 12.6 Å². The number of anilines is 2. The Morgan fingerprint density at radius 2 is 2.00 bits per heavy atom. The Bertz CT molecular complexity index is 628. The molecular weight excluding hydrogens is 278 g/mol. The zero-order chi connectivity index (χ0) is 16.3. The summed E-state index contributed by atoms with van der Waals surface area (Å²) in [4.78, 5) is 9.19. The Labute approximate surface area is 131 Å². The van der Waals surface area contributed by atoms with Crippen molar-refractivity contribution in [3.05, 3.63) is 30.0 Å². The Balaban J connectivity index is 2.30. The summed E-state index contributed by atoms with van der Waals surface area (Å²) in [6, 6.07) is 2.24. The van der Waals surface area contributed by atoms with Gasteiger partial charge in [0.2, 0.25) is 0 Å². The molecule has 0 aliphatic heterocycles. The zero-order valence-electron chi connectivity index (χ0n) is 14.2. The van der Waals surface area contributed by atoms with E-state index >= 15 is 0 Å². The minimum Gasteiger partial charge on any atom is -0.378 e. The van der Waals surface area contributed by atoms with Crippen LogP contribution in [-0.4, -0.2) is 26.9 Å². The Morgan fingerprint density at radius 1 is 1.27 bits per heavy atom. The molecule has 2 aromatic heterocycles. The molecule has 0 spiro atoms. The van der Waals surface area contributed by atoms with Crippen LogP contribution in [0.15, 0.2) is 18.5 Å². The van der Waals surface area contributed by atoms with Gasteiger partial charge in [-0.05, 0) is 13.8 Å². The molecule has 0 saturated heterocycles. The van der Waals surface area contributed by atoms with E-state index in [1.807, 2.05) is 16.9 Å². The molecule has 0 saturated carbocycles. The second-order valence-electron chi connectivity index (χ2n) is 6.68. The van der Waals surface area contributed by atoms with Gasteiger partial charge in [0.05, 0.1) is 24.2 Å². The molecule has 0 unspecified atom stereocenters. The van der Waals surface area contributed by atoms with E-state index in [0.717, 1.165) is 23.0 Å².